The lowest BCUT2D eigenvalue weighted by Crippen LogP contribution is -2.51. The average molecular weight is 206 g/mol. The fraction of sp³-hybridized carbons (Fsp3) is 0.417. The van der Waals surface area contributed by atoms with E-state index in [2.05, 4.69) is 5.32 Å². The minimum Gasteiger partial charge on any atom is -0.368 e. The monoisotopic (exact) mass is 206 g/mol. The van der Waals surface area contributed by atoms with E-state index in [0.717, 1.165) is 5.56 Å². The molecule has 3 heteroatoms. The molecule has 0 bridgehead atoms. The Morgan fingerprint density at radius 2 is 1.87 bits per heavy atom. The highest BCUT2D eigenvalue weighted by atomic mass is 16.1. The molecule has 1 atom stereocenters. The van der Waals surface area contributed by atoms with Crippen LogP contribution in [0.1, 0.15) is 19.4 Å². The molecule has 0 spiro atoms. The van der Waals surface area contributed by atoms with Gasteiger partial charge < -0.3 is 11.1 Å². The third kappa shape index (κ3) is 2.36. The zero-order valence-corrected chi connectivity index (χ0v) is 9.45. The van der Waals surface area contributed by atoms with Crippen LogP contribution in [0.4, 0.5) is 0 Å². The Morgan fingerprint density at radius 3 is 2.27 bits per heavy atom. The van der Waals surface area contributed by atoms with E-state index in [1.807, 2.05) is 44.2 Å². The van der Waals surface area contributed by atoms with Crippen LogP contribution >= 0.6 is 0 Å². The highest BCUT2D eigenvalue weighted by Crippen LogP contribution is 2.26. The molecule has 0 fully saturated rings. The Morgan fingerprint density at radius 1 is 1.33 bits per heavy atom. The lowest BCUT2D eigenvalue weighted by molar-refractivity contribution is -0.121. The predicted octanol–water partition coefficient (Wildman–Crippen LogP) is 1.04. The molecule has 15 heavy (non-hydrogen) atoms. The summed E-state index contributed by atoms with van der Waals surface area (Å²) in [4.78, 5) is 11.3. The summed E-state index contributed by atoms with van der Waals surface area (Å²) < 4.78 is 0. The van der Waals surface area contributed by atoms with Crippen LogP contribution in [0.15, 0.2) is 30.3 Å². The summed E-state index contributed by atoms with van der Waals surface area (Å²) in [5.74, 6) is -0.327. The molecule has 0 saturated heterocycles. The minimum atomic E-state index is -0.361. The van der Waals surface area contributed by atoms with Crippen molar-refractivity contribution in [1.29, 1.82) is 0 Å². The molecule has 1 aromatic rings. The summed E-state index contributed by atoms with van der Waals surface area (Å²) in [7, 11) is 1.75. The Labute approximate surface area is 90.7 Å². The lowest BCUT2D eigenvalue weighted by atomic mass is 9.77. The molecular formula is C12H18N2O. The number of rotatable bonds is 4. The van der Waals surface area contributed by atoms with Gasteiger partial charge in [-0.3, -0.25) is 4.79 Å². The van der Waals surface area contributed by atoms with Gasteiger partial charge in [0.2, 0.25) is 5.91 Å². The van der Waals surface area contributed by atoms with Crippen molar-refractivity contribution in [3.8, 4) is 0 Å². The lowest BCUT2D eigenvalue weighted by Gasteiger charge is -2.32. The SMILES string of the molecule is CN[C@H](C(N)=O)C(C)(C)c1ccccc1. The van der Waals surface area contributed by atoms with Crippen LogP contribution in [0.3, 0.4) is 0 Å². The number of carbonyl (C=O) groups excluding carboxylic acids is 1. The average Bonchev–Trinajstić information content (AvgIpc) is 2.19. The number of amides is 1. The molecule has 0 aromatic heterocycles. The summed E-state index contributed by atoms with van der Waals surface area (Å²) in [6.07, 6.45) is 0. The molecule has 0 unspecified atom stereocenters. The van der Waals surface area contributed by atoms with E-state index in [0.29, 0.717) is 0 Å². The van der Waals surface area contributed by atoms with Crippen LogP contribution in [0.2, 0.25) is 0 Å². The van der Waals surface area contributed by atoms with E-state index >= 15 is 0 Å². The molecule has 1 aromatic carbocycles. The van der Waals surface area contributed by atoms with Crippen LogP contribution in [0, 0.1) is 0 Å². The number of benzene rings is 1. The van der Waals surface area contributed by atoms with Crippen LogP contribution < -0.4 is 11.1 Å². The maximum atomic E-state index is 11.3. The van der Waals surface area contributed by atoms with Crippen molar-refractivity contribution in [2.24, 2.45) is 5.73 Å². The second-order valence-electron chi connectivity index (χ2n) is 4.21. The van der Waals surface area contributed by atoms with Gasteiger partial charge >= 0.3 is 0 Å². The van der Waals surface area contributed by atoms with Crippen LogP contribution in [0.25, 0.3) is 0 Å². The van der Waals surface area contributed by atoms with Gasteiger partial charge in [0.05, 0.1) is 6.04 Å². The van der Waals surface area contributed by atoms with Crippen molar-refractivity contribution in [3.05, 3.63) is 35.9 Å². The number of hydrogen-bond donors (Lipinski definition) is 2. The number of likely N-dealkylation sites (N-methyl/N-ethyl adjacent to an activating group) is 1. The fourth-order valence-corrected chi connectivity index (χ4v) is 1.89. The molecular weight excluding hydrogens is 188 g/mol. The Hall–Kier alpha value is -1.35. The molecule has 0 radical (unpaired) electrons. The summed E-state index contributed by atoms with van der Waals surface area (Å²) in [5, 5.41) is 2.97. The van der Waals surface area contributed by atoms with Gasteiger partial charge in [0.15, 0.2) is 0 Å². The molecule has 0 saturated carbocycles. The second-order valence-corrected chi connectivity index (χ2v) is 4.21. The summed E-state index contributed by atoms with van der Waals surface area (Å²) in [6, 6.07) is 9.54. The third-order valence-corrected chi connectivity index (χ3v) is 2.81. The highest BCUT2D eigenvalue weighted by molar-refractivity contribution is 5.81. The van der Waals surface area contributed by atoms with Crippen molar-refractivity contribution in [2.45, 2.75) is 25.3 Å². The standard InChI is InChI=1S/C12H18N2O/c1-12(2,10(14-3)11(13)15)9-7-5-4-6-8-9/h4-8,10,14H,1-3H3,(H2,13,15)/t10-/m1/s1. The van der Waals surface area contributed by atoms with E-state index in [-0.39, 0.29) is 17.4 Å². The van der Waals surface area contributed by atoms with Gasteiger partial charge in [0.25, 0.3) is 0 Å². The topological polar surface area (TPSA) is 55.1 Å². The van der Waals surface area contributed by atoms with Crippen molar-refractivity contribution in [1.82, 2.24) is 5.32 Å². The van der Waals surface area contributed by atoms with Crippen molar-refractivity contribution < 1.29 is 4.79 Å². The van der Waals surface area contributed by atoms with Gasteiger partial charge in [-0.1, -0.05) is 44.2 Å². The predicted molar refractivity (Wildman–Crippen MR) is 61.5 cm³/mol. The number of nitrogens with one attached hydrogen (secondary N) is 1. The molecule has 82 valence electrons. The van der Waals surface area contributed by atoms with E-state index in [1.54, 1.807) is 7.05 Å². The maximum absolute atomic E-state index is 11.3. The minimum absolute atomic E-state index is 0.304. The number of nitrogens with two attached hydrogens (primary N) is 1. The highest BCUT2D eigenvalue weighted by Gasteiger charge is 2.33. The smallest absolute Gasteiger partial charge is 0.235 e. The van der Waals surface area contributed by atoms with E-state index < -0.39 is 0 Å². The first kappa shape index (κ1) is 11.7. The Balaban J connectivity index is 3.05. The molecule has 1 amide bonds. The van der Waals surface area contributed by atoms with Gasteiger partial charge in [0, 0.05) is 5.41 Å². The second kappa shape index (κ2) is 4.45. The first-order chi connectivity index (χ1) is 7.00. The van der Waals surface area contributed by atoms with Gasteiger partial charge in [-0.15, -0.1) is 0 Å². The van der Waals surface area contributed by atoms with Crippen LogP contribution in [-0.2, 0) is 10.2 Å². The van der Waals surface area contributed by atoms with Crippen molar-refractivity contribution in [3.63, 3.8) is 0 Å². The largest absolute Gasteiger partial charge is 0.368 e. The quantitative estimate of drug-likeness (QED) is 0.773. The third-order valence-electron chi connectivity index (χ3n) is 2.81. The first-order valence-corrected chi connectivity index (χ1v) is 5.02. The van der Waals surface area contributed by atoms with E-state index in [9.17, 15) is 4.79 Å². The van der Waals surface area contributed by atoms with Crippen LogP contribution in [-0.4, -0.2) is 19.0 Å². The van der Waals surface area contributed by atoms with E-state index in [1.165, 1.54) is 0 Å². The molecule has 0 aliphatic heterocycles. The molecule has 3 nitrogen and oxygen atoms in total. The fourth-order valence-electron chi connectivity index (χ4n) is 1.89. The van der Waals surface area contributed by atoms with Crippen LogP contribution in [0.5, 0.6) is 0 Å². The number of primary amides is 1. The summed E-state index contributed by atoms with van der Waals surface area (Å²) in [5.41, 5.74) is 6.17. The molecule has 0 aliphatic rings. The molecule has 0 aliphatic carbocycles. The molecule has 0 heterocycles. The molecule has 3 N–H and O–H groups in total. The normalized spacial score (nSPS) is 13.5. The summed E-state index contributed by atoms with van der Waals surface area (Å²) in [6.45, 7) is 4.02. The first-order valence-electron chi connectivity index (χ1n) is 5.02. The maximum Gasteiger partial charge on any atom is 0.235 e. The Bertz CT molecular complexity index is 333. The zero-order chi connectivity index (χ0) is 11.5. The van der Waals surface area contributed by atoms with Gasteiger partial charge in [0.1, 0.15) is 0 Å². The van der Waals surface area contributed by atoms with Gasteiger partial charge in [-0.25, -0.2) is 0 Å². The zero-order valence-electron chi connectivity index (χ0n) is 9.45. The van der Waals surface area contributed by atoms with Crippen molar-refractivity contribution in [2.75, 3.05) is 7.05 Å². The number of hydrogen-bond acceptors (Lipinski definition) is 2. The number of carbonyl (C=O) groups is 1. The summed E-state index contributed by atoms with van der Waals surface area (Å²) >= 11 is 0. The van der Waals surface area contributed by atoms with Gasteiger partial charge in [-0.05, 0) is 12.6 Å². The van der Waals surface area contributed by atoms with E-state index in [4.69, 9.17) is 5.73 Å². The molecule has 1 rings (SSSR count). The Kier molecular flexibility index (Phi) is 3.48. The van der Waals surface area contributed by atoms with Crippen molar-refractivity contribution >= 4 is 5.91 Å². The van der Waals surface area contributed by atoms with Gasteiger partial charge in [-0.2, -0.15) is 0 Å².